The number of hydrogen-bond acceptors (Lipinski definition) is 5. The van der Waals surface area contributed by atoms with Crippen LogP contribution < -0.4 is 0 Å². The van der Waals surface area contributed by atoms with Crippen molar-refractivity contribution in [1.82, 2.24) is 0 Å². The standard InChI is InChI=1S/C13H12ClNO4/c1-2-18-13(17)11-10(16)7-19-12(11)15-9-5-3-4-8(14)6-9/h3-6,11H,2,7H2,1H3/t11-/m0/s1. The van der Waals surface area contributed by atoms with E-state index < -0.39 is 11.9 Å². The Kier molecular flexibility index (Phi) is 4.16. The molecule has 1 aromatic rings. The molecule has 0 radical (unpaired) electrons. The van der Waals surface area contributed by atoms with E-state index in [0.29, 0.717) is 10.7 Å². The van der Waals surface area contributed by atoms with Gasteiger partial charge in [-0.2, -0.15) is 0 Å². The lowest BCUT2D eigenvalue weighted by molar-refractivity contribution is -0.147. The van der Waals surface area contributed by atoms with Crippen molar-refractivity contribution < 1.29 is 19.1 Å². The Bertz CT molecular complexity index is 541. The number of carbonyl (C=O) groups excluding carboxylic acids is 2. The Hall–Kier alpha value is -1.88. The van der Waals surface area contributed by atoms with E-state index in [4.69, 9.17) is 21.1 Å². The largest absolute Gasteiger partial charge is 0.472 e. The van der Waals surface area contributed by atoms with Gasteiger partial charge in [-0.1, -0.05) is 17.7 Å². The molecule has 6 heteroatoms. The number of nitrogens with zero attached hydrogens (tertiary/aromatic N) is 1. The fourth-order valence-corrected chi connectivity index (χ4v) is 1.86. The van der Waals surface area contributed by atoms with E-state index in [-0.39, 0.29) is 24.9 Å². The summed E-state index contributed by atoms with van der Waals surface area (Å²) in [6.45, 7) is 1.71. The van der Waals surface area contributed by atoms with Crippen molar-refractivity contribution in [2.24, 2.45) is 10.9 Å². The number of esters is 1. The van der Waals surface area contributed by atoms with Crippen LogP contribution >= 0.6 is 11.6 Å². The highest BCUT2D eigenvalue weighted by atomic mass is 35.5. The van der Waals surface area contributed by atoms with Gasteiger partial charge in [0.1, 0.15) is 6.61 Å². The van der Waals surface area contributed by atoms with Crippen molar-refractivity contribution in [2.75, 3.05) is 13.2 Å². The Morgan fingerprint density at radius 3 is 3.05 bits per heavy atom. The highest BCUT2D eigenvalue weighted by molar-refractivity contribution is 6.30. The van der Waals surface area contributed by atoms with E-state index in [9.17, 15) is 9.59 Å². The van der Waals surface area contributed by atoms with Gasteiger partial charge in [0.25, 0.3) is 0 Å². The van der Waals surface area contributed by atoms with Crippen molar-refractivity contribution in [3.63, 3.8) is 0 Å². The third-order valence-corrected chi connectivity index (χ3v) is 2.74. The maximum Gasteiger partial charge on any atom is 0.326 e. The van der Waals surface area contributed by atoms with E-state index in [2.05, 4.69) is 4.99 Å². The van der Waals surface area contributed by atoms with Crippen molar-refractivity contribution in [3.8, 4) is 0 Å². The highest BCUT2D eigenvalue weighted by Gasteiger charge is 2.40. The summed E-state index contributed by atoms with van der Waals surface area (Å²) in [4.78, 5) is 27.5. The summed E-state index contributed by atoms with van der Waals surface area (Å²) in [5.74, 6) is -1.99. The van der Waals surface area contributed by atoms with Crippen molar-refractivity contribution in [2.45, 2.75) is 6.92 Å². The molecule has 0 unspecified atom stereocenters. The molecule has 1 aliphatic heterocycles. The topological polar surface area (TPSA) is 65.0 Å². The van der Waals surface area contributed by atoms with Gasteiger partial charge in [0.05, 0.1) is 12.3 Å². The van der Waals surface area contributed by atoms with Gasteiger partial charge in [0, 0.05) is 5.02 Å². The number of Topliss-reactive ketones (excluding diaryl/α,β-unsaturated/α-hetero) is 1. The lowest BCUT2D eigenvalue weighted by Crippen LogP contribution is -2.27. The summed E-state index contributed by atoms with van der Waals surface area (Å²) in [5.41, 5.74) is 0.520. The highest BCUT2D eigenvalue weighted by Crippen LogP contribution is 2.22. The summed E-state index contributed by atoms with van der Waals surface area (Å²) in [5, 5.41) is 0.513. The molecular formula is C13H12ClNO4. The van der Waals surface area contributed by atoms with Crippen LogP contribution in [0.25, 0.3) is 0 Å². The number of ether oxygens (including phenoxy) is 2. The maximum absolute atomic E-state index is 11.7. The minimum Gasteiger partial charge on any atom is -0.472 e. The van der Waals surface area contributed by atoms with Gasteiger partial charge < -0.3 is 9.47 Å². The van der Waals surface area contributed by atoms with Gasteiger partial charge in [-0.05, 0) is 25.1 Å². The Morgan fingerprint density at radius 1 is 1.58 bits per heavy atom. The van der Waals surface area contributed by atoms with Crippen LogP contribution in [0.15, 0.2) is 29.3 Å². The molecule has 0 amide bonds. The first-order valence-corrected chi connectivity index (χ1v) is 6.16. The average molecular weight is 282 g/mol. The zero-order valence-corrected chi connectivity index (χ0v) is 11.0. The first kappa shape index (κ1) is 13.5. The van der Waals surface area contributed by atoms with Crippen molar-refractivity contribution in [3.05, 3.63) is 29.3 Å². The van der Waals surface area contributed by atoms with Crippen LogP contribution in [0.3, 0.4) is 0 Å². The average Bonchev–Trinajstić information content (AvgIpc) is 2.71. The lowest BCUT2D eigenvalue weighted by atomic mass is 10.1. The number of benzene rings is 1. The van der Waals surface area contributed by atoms with Crippen LogP contribution in [-0.2, 0) is 19.1 Å². The van der Waals surface area contributed by atoms with Crippen molar-refractivity contribution >= 4 is 34.9 Å². The smallest absolute Gasteiger partial charge is 0.326 e. The van der Waals surface area contributed by atoms with Gasteiger partial charge in [0.15, 0.2) is 11.7 Å². The molecule has 100 valence electrons. The summed E-state index contributed by atoms with van der Waals surface area (Å²) >= 11 is 5.84. The van der Waals surface area contributed by atoms with Crippen LogP contribution in [0.1, 0.15) is 6.92 Å². The minimum absolute atomic E-state index is 0.0608. The van der Waals surface area contributed by atoms with Gasteiger partial charge in [-0.3, -0.25) is 9.59 Å². The summed E-state index contributed by atoms with van der Waals surface area (Å²) in [6, 6.07) is 6.74. The SMILES string of the molecule is CCOC(=O)[C@H]1C(=O)COC1=Nc1cccc(Cl)c1. The molecule has 2 rings (SSSR count). The quantitative estimate of drug-likeness (QED) is 0.629. The zero-order chi connectivity index (χ0) is 13.8. The number of ketones is 1. The Morgan fingerprint density at radius 2 is 2.37 bits per heavy atom. The minimum atomic E-state index is -1.07. The molecule has 0 saturated carbocycles. The molecule has 1 atom stereocenters. The first-order valence-electron chi connectivity index (χ1n) is 5.78. The van der Waals surface area contributed by atoms with Crippen LogP contribution in [0.4, 0.5) is 5.69 Å². The van der Waals surface area contributed by atoms with E-state index >= 15 is 0 Å². The second-order valence-electron chi connectivity index (χ2n) is 3.87. The van der Waals surface area contributed by atoms with Crippen LogP contribution in [0.5, 0.6) is 0 Å². The van der Waals surface area contributed by atoms with E-state index in [1.54, 1.807) is 31.2 Å². The van der Waals surface area contributed by atoms with E-state index in [1.165, 1.54) is 0 Å². The normalized spacial score (nSPS) is 20.4. The fraction of sp³-hybridized carbons (Fsp3) is 0.308. The second-order valence-corrected chi connectivity index (χ2v) is 4.31. The number of carbonyl (C=O) groups is 2. The molecule has 0 aliphatic carbocycles. The molecular weight excluding hydrogens is 270 g/mol. The van der Waals surface area contributed by atoms with Gasteiger partial charge >= 0.3 is 5.97 Å². The van der Waals surface area contributed by atoms with E-state index in [1.807, 2.05) is 0 Å². The molecule has 1 heterocycles. The Balaban J connectivity index is 2.27. The number of aliphatic imine (C=N–C) groups is 1. The summed E-state index contributed by atoms with van der Waals surface area (Å²) in [6.07, 6.45) is 0. The molecule has 1 aromatic carbocycles. The second kappa shape index (κ2) is 5.84. The molecule has 1 saturated heterocycles. The third-order valence-electron chi connectivity index (χ3n) is 2.50. The monoisotopic (exact) mass is 281 g/mol. The van der Waals surface area contributed by atoms with Gasteiger partial charge in [-0.25, -0.2) is 4.99 Å². The van der Waals surface area contributed by atoms with Gasteiger partial charge in [0.2, 0.25) is 5.90 Å². The van der Waals surface area contributed by atoms with Crippen molar-refractivity contribution in [1.29, 1.82) is 0 Å². The van der Waals surface area contributed by atoms with Crippen LogP contribution in [-0.4, -0.2) is 30.9 Å². The van der Waals surface area contributed by atoms with E-state index in [0.717, 1.165) is 0 Å². The number of hydrogen-bond donors (Lipinski definition) is 0. The third kappa shape index (κ3) is 3.12. The molecule has 1 fully saturated rings. The predicted molar refractivity (Wildman–Crippen MR) is 69.6 cm³/mol. The van der Waals surface area contributed by atoms with Crippen LogP contribution in [0, 0.1) is 5.92 Å². The maximum atomic E-state index is 11.7. The molecule has 0 bridgehead atoms. The Labute approximate surface area is 115 Å². The molecule has 0 aromatic heterocycles. The number of rotatable bonds is 3. The molecule has 0 spiro atoms. The summed E-state index contributed by atoms with van der Waals surface area (Å²) in [7, 11) is 0. The zero-order valence-electron chi connectivity index (χ0n) is 10.3. The predicted octanol–water partition coefficient (Wildman–Crippen LogP) is 2.15. The molecule has 19 heavy (non-hydrogen) atoms. The fourth-order valence-electron chi connectivity index (χ4n) is 1.68. The summed E-state index contributed by atoms with van der Waals surface area (Å²) < 4.78 is 9.99. The van der Waals surface area contributed by atoms with Gasteiger partial charge in [-0.15, -0.1) is 0 Å². The van der Waals surface area contributed by atoms with Crippen LogP contribution in [0.2, 0.25) is 5.02 Å². The molecule has 0 N–H and O–H groups in total. The lowest BCUT2D eigenvalue weighted by Gasteiger charge is -2.07. The molecule has 5 nitrogen and oxygen atoms in total. The molecule has 1 aliphatic rings. The first-order chi connectivity index (χ1) is 9.11. The number of halogens is 1.